The smallest absolute Gasteiger partial charge is 0.256 e. The molecule has 0 aliphatic heterocycles. The summed E-state index contributed by atoms with van der Waals surface area (Å²) < 4.78 is 0. The van der Waals surface area contributed by atoms with E-state index in [2.05, 4.69) is 22.1 Å². The summed E-state index contributed by atoms with van der Waals surface area (Å²) in [6.45, 7) is 2.19. The summed E-state index contributed by atoms with van der Waals surface area (Å²) in [4.78, 5) is 16.2. The minimum atomic E-state index is -0.272. The molecule has 1 amide bonds. The third-order valence-corrected chi connectivity index (χ3v) is 3.02. The highest BCUT2D eigenvalue weighted by Gasteiger charge is 2.09. The van der Waals surface area contributed by atoms with Gasteiger partial charge in [0.05, 0.1) is 11.6 Å². The number of aryl methyl sites for hydroxylation is 1. The van der Waals surface area contributed by atoms with E-state index in [4.69, 9.17) is 17.3 Å². The molecule has 1 aromatic heterocycles. The molecular weight excluding hydrogens is 286 g/mol. The van der Waals surface area contributed by atoms with Gasteiger partial charge in [-0.05, 0) is 36.8 Å². The number of benzene rings is 1. The van der Waals surface area contributed by atoms with Crippen molar-refractivity contribution in [3.63, 3.8) is 0 Å². The van der Waals surface area contributed by atoms with Gasteiger partial charge in [0.1, 0.15) is 5.82 Å². The number of halogens is 1. The summed E-state index contributed by atoms with van der Waals surface area (Å²) in [7, 11) is 0. The Bertz CT molecular complexity index is 715. The molecule has 4 nitrogen and oxygen atoms in total. The van der Waals surface area contributed by atoms with Crippen molar-refractivity contribution in [1.82, 2.24) is 4.98 Å². The van der Waals surface area contributed by atoms with Crippen LogP contribution in [0.2, 0.25) is 5.02 Å². The number of hydrogen-bond donors (Lipinski definition) is 2. The lowest BCUT2D eigenvalue weighted by Gasteiger charge is -2.06. The van der Waals surface area contributed by atoms with Gasteiger partial charge in [0, 0.05) is 17.3 Å². The van der Waals surface area contributed by atoms with E-state index in [0.717, 1.165) is 5.56 Å². The molecule has 0 bridgehead atoms. The second-order valence-corrected chi connectivity index (χ2v) is 4.78. The summed E-state index contributed by atoms with van der Waals surface area (Å²) in [6.07, 6.45) is 1.69. The number of amides is 1. The lowest BCUT2D eigenvalue weighted by molar-refractivity contribution is 0.102. The second kappa shape index (κ2) is 6.89. The van der Waals surface area contributed by atoms with Crippen LogP contribution in [0.15, 0.2) is 36.5 Å². The minimum absolute atomic E-state index is 0.262. The van der Waals surface area contributed by atoms with Crippen molar-refractivity contribution in [2.24, 2.45) is 5.73 Å². The molecule has 106 valence electrons. The van der Waals surface area contributed by atoms with Crippen molar-refractivity contribution in [3.8, 4) is 11.8 Å². The molecule has 2 aromatic rings. The Kier molecular flexibility index (Phi) is 4.94. The summed E-state index contributed by atoms with van der Waals surface area (Å²) in [5, 5.41) is 3.13. The lowest BCUT2D eigenvalue weighted by atomic mass is 10.1. The molecule has 0 aliphatic rings. The molecule has 2 rings (SSSR count). The molecular formula is C16H14ClN3O. The number of aromatic nitrogens is 1. The summed E-state index contributed by atoms with van der Waals surface area (Å²) in [6, 6.07) is 8.56. The van der Waals surface area contributed by atoms with E-state index >= 15 is 0 Å². The molecule has 0 aliphatic carbocycles. The SMILES string of the molecule is Cc1ccc(NC(=O)c2ccc(C#CCN)c(Cl)c2)nc1. The van der Waals surface area contributed by atoms with Crippen molar-refractivity contribution >= 4 is 23.3 Å². The molecule has 1 aromatic carbocycles. The molecule has 0 spiro atoms. The number of anilines is 1. The first-order valence-corrected chi connectivity index (χ1v) is 6.70. The van der Waals surface area contributed by atoms with Crippen LogP contribution in [0, 0.1) is 18.8 Å². The molecule has 5 heteroatoms. The Morgan fingerprint density at radius 1 is 1.38 bits per heavy atom. The van der Waals surface area contributed by atoms with Crippen molar-refractivity contribution in [2.75, 3.05) is 11.9 Å². The van der Waals surface area contributed by atoms with E-state index in [1.165, 1.54) is 0 Å². The van der Waals surface area contributed by atoms with Crippen LogP contribution in [0.3, 0.4) is 0 Å². The quantitative estimate of drug-likeness (QED) is 0.838. The van der Waals surface area contributed by atoms with Crippen LogP contribution in [-0.4, -0.2) is 17.4 Å². The first-order chi connectivity index (χ1) is 10.1. The van der Waals surface area contributed by atoms with E-state index in [1.807, 2.05) is 13.0 Å². The fraction of sp³-hybridized carbons (Fsp3) is 0.125. The Hall–Kier alpha value is -2.35. The number of nitrogens with two attached hydrogens (primary N) is 1. The fourth-order valence-corrected chi connectivity index (χ4v) is 1.86. The van der Waals surface area contributed by atoms with Gasteiger partial charge in [-0.2, -0.15) is 0 Å². The van der Waals surface area contributed by atoms with Gasteiger partial charge in [-0.3, -0.25) is 4.79 Å². The first-order valence-electron chi connectivity index (χ1n) is 6.32. The Labute approximate surface area is 128 Å². The van der Waals surface area contributed by atoms with Crippen LogP contribution >= 0.6 is 11.6 Å². The zero-order chi connectivity index (χ0) is 15.2. The number of hydrogen-bond acceptors (Lipinski definition) is 3. The van der Waals surface area contributed by atoms with E-state index in [9.17, 15) is 4.79 Å². The van der Waals surface area contributed by atoms with Crippen LogP contribution in [0.1, 0.15) is 21.5 Å². The normalized spacial score (nSPS) is 9.67. The van der Waals surface area contributed by atoms with Gasteiger partial charge in [-0.25, -0.2) is 4.98 Å². The van der Waals surface area contributed by atoms with Crippen LogP contribution < -0.4 is 11.1 Å². The molecule has 0 saturated heterocycles. The van der Waals surface area contributed by atoms with Crippen molar-refractivity contribution in [3.05, 3.63) is 58.2 Å². The second-order valence-electron chi connectivity index (χ2n) is 4.38. The minimum Gasteiger partial charge on any atom is -0.320 e. The molecule has 0 saturated carbocycles. The summed E-state index contributed by atoms with van der Waals surface area (Å²) in [5.74, 6) is 5.79. The zero-order valence-corrected chi connectivity index (χ0v) is 12.2. The molecule has 21 heavy (non-hydrogen) atoms. The van der Waals surface area contributed by atoms with Crippen molar-refractivity contribution in [2.45, 2.75) is 6.92 Å². The Morgan fingerprint density at radius 2 is 2.19 bits per heavy atom. The average Bonchev–Trinajstić information content (AvgIpc) is 2.48. The molecule has 0 unspecified atom stereocenters. The third kappa shape index (κ3) is 4.06. The average molecular weight is 300 g/mol. The maximum absolute atomic E-state index is 12.1. The monoisotopic (exact) mass is 299 g/mol. The van der Waals surface area contributed by atoms with Gasteiger partial charge in [-0.15, -0.1) is 0 Å². The number of carbonyl (C=O) groups excluding carboxylic acids is 1. The molecule has 0 atom stereocenters. The van der Waals surface area contributed by atoms with E-state index < -0.39 is 0 Å². The van der Waals surface area contributed by atoms with E-state index in [1.54, 1.807) is 30.5 Å². The number of pyridine rings is 1. The number of carbonyl (C=O) groups is 1. The van der Waals surface area contributed by atoms with Gasteiger partial charge >= 0.3 is 0 Å². The Balaban J connectivity index is 2.16. The van der Waals surface area contributed by atoms with Crippen LogP contribution in [0.4, 0.5) is 5.82 Å². The standard InChI is InChI=1S/C16H14ClN3O/c1-11-4-7-15(19-10-11)20-16(21)13-6-5-12(3-2-8-18)14(17)9-13/h4-7,9-10H,8,18H2,1H3,(H,19,20,21). The number of nitrogens with one attached hydrogen (secondary N) is 1. The highest BCUT2D eigenvalue weighted by molar-refractivity contribution is 6.32. The third-order valence-electron chi connectivity index (χ3n) is 2.71. The van der Waals surface area contributed by atoms with Crippen molar-refractivity contribution in [1.29, 1.82) is 0 Å². The van der Waals surface area contributed by atoms with E-state index in [-0.39, 0.29) is 12.5 Å². The number of nitrogens with zero attached hydrogens (tertiary/aromatic N) is 1. The topological polar surface area (TPSA) is 68.0 Å². The Morgan fingerprint density at radius 3 is 2.81 bits per heavy atom. The molecule has 3 N–H and O–H groups in total. The maximum Gasteiger partial charge on any atom is 0.256 e. The summed E-state index contributed by atoms with van der Waals surface area (Å²) in [5.41, 5.74) is 7.43. The first kappa shape index (κ1) is 15.0. The van der Waals surface area contributed by atoms with Gasteiger partial charge < -0.3 is 11.1 Å². The van der Waals surface area contributed by atoms with E-state index in [0.29, 0.717) is 22.0 Å². The molecule has 0 radical (unpaired) electrons. The molecule has 0 fully saturated rings. The van der Waals surface area contributed by atoms with Gasteiger partial charge in [0.2, 0.25) is 0 Å². The highest BCUT2D eigenvalue weighted by Crippen LogP contribution is 2.18. The largest absolute Gasteiger partial charge is 0.320 e. The lowest BCUT2D eigenvalue weighted by Crippen LogP contribution is -2.13. The van der Waals surface area contributed by atoms with Gasteiger partial charge in [0.15, 0.2) is 0 Å². The number of rotatable bonds is 2. The predicted molar refractivity (Wildman–Crippen MR) is 84.3 cm³/mol. The van der Waals surface area contributed by atoms with Crippen molar-refractivity contribution < 1.29 is 4.79 Å². The van der Waals surface area contributed by atoms with Gasteiger partial charge in [0.25, 0.3) is 5.91 Å². The van der Waals surface area contributed by atoms with Crippen LogP contribution in [-0.2, 0) is 0 Å². The van der Waals surface area contributed by atoms with Crippen LogP contribution in [0.25, 0.3) is 0 Å². The maximum atomic E-state index is 12.1. The predicted octanol–water partition coefficient (Wildman–Crippen LogP) is 2.61. The fourth-order valence-electron chi connectivity index (χ4n) is 1.63. The van der Waals surface area contributed by atoms with Crippen LogP contribution in [0.5, 0.6) is 0 Å². The van der Waals surface area contributed by atoms with Gasteiger partial charge in [-0.1, -0.05) is 29.5 Å². The molecule has 1 heterocycles. The summed E-state index contributed by atoms with van der Waals surface area (Å²) >= 11 is 6.09. The zero-order valence-electron chi connectivity index (χ0n) is 11.5. The highest BCUT2D eigenvalue weighted by atomic mass is 35.5.